The van der Waals surface area contributed by atoms with Gasteiger partial charge < -0.3 is 0 Å². The van der Waals surface area contributed by atoms with Gasteiger partial charge in [0, 0.05) is 11.9 Å². The number of hydrogen-bond acceptors (Lipinski definition) is 2. The summed E-state index contributed by atoms with van der Waals surface area (Å²) < 4.78 is 0. The average molecular weight is 126 g/mol. The van der Waals surface area contributed by atoms with Gasteiger partial charge in [0.1, 0.15) is 0 Å². The Balaban J connectivity index is 3.55. The van der Waals surface area contributed by atoms with Crippen LogP contribution in [-0.2, 0) is 0 Å². The summed E-state index contributed by atoms with van der Waals surface area (Å²) in [6.07, 6.45) is 3.75. The van der Waals surface area contributed by atoms with Crippen LogP contribution in [-0.4, -0.2) is 11.9 Å². The molecule has 0 amide bonds. The van der Waals surface area contributed by atoms with Crippen molar-refractivity contribution in [1.29, 1.82) is 0 Å². The lowest BCUT2D eigenvalue weighted by atomic mass is 10.3. The van der Waals surface area contributed by atoms with Crippen molar-refractivity contribution in [2.75, 3.05) is 0 Å². The Morgan fingerprint density at radius 2 is 2.11 bits per heavy atom. The van der Waals surface area contributed by atoms with Gasteiger partial charge in [-0.05, 0) is 19.8 Å². The summed E-state index contributed by atoms with van der Waals surface area (Å²) in [5.41, 5.74) is 1.08. The molecule has 0 fully saturated rings. The van der Waals surface area contributed by atoms with Gasteiger partial charge in [0.2, 0.25) is 0 Å². The van der Waals surface area contributed by atoms with Gasteiger partial charge in [-0.25, -0.2) is 0 Å². The standard InChI is InChI=1S/C7H14N2/c1-4-6-8-9-7(3)5-2/h6H,4-5H2,1-3H3/b8-6+,9-7+. The predicted octanol–water partition coefficient (Wildman–Crippen LogP) is 2.25. The van der Waals surface area contributed by atoms with Gasteiger partial charge in [0.05, 0.1) is 0 Å². The molecule has 0 atom stereocenters. The van der Waals surface area contributed by atoms with Crippen molar-refractivity contribution in [3.63, 3.8) is 0 Å². The summed E-state index contributed by atoms with van der Waals surface area (Å²) in [4.78, 5) is 0. The van der Waals surface area contributed by atoms with Gasteiger partial charge in [0.15, 0.2) is 0 Å². The monoisotopic (exact) mass is 126 g/mol. The fraction of sp³-hybridized carbons (Fsp3) is 0.714. The second-order valence-corrected chi connectivity index (χ2v) is 1.90. The fourth-order valence-electron chi connectivity index (χ4n) is 0.292. The maximum Gasteiger partial charge on any atom is 0.0372 e. The Morgan fingerprint density at radius 3 is 2.56 bits per heavy atom. The van der Waals surface area contributed by atoms with Crippen molar-refractivity contribution < 1.29 is 0 Å². The summed E-state index contributed by atoms with van der Waals surface area (Å²) in [5.74, 6) is 0. The van der Waals surface area contributed by atoms with E-state index in [9.17, 15) is 0 Å². The molecule has 0 unspecified atom stereocenters. The van der Waals surface area contributed by atoms with E-state index in [0.29, 0.717) is 0 Å². The van der Waals surface area contributed by atoms with Crippen LogP contribution in [0.2, 0.25) is 0 Å². The van der Waals surface area contributed by atoms with E-state index in [1.54, 1.807) is 6.21 Å². The van der Waals surface area contributed by atoms with Gasteiger partial charge in [-0.3, -0.25) is 0 Å². The van der Waals surface area contributed by atoms with E-state index in [1.165, 1.54) is 0 Å². The van der Waals surface area contributed by atoms with Crippen molar-refractivity contribution in [2.24, 2.45) is 10.2 Å². The molecule has 0 aliphatic rings. The summed E-state index contributed by atoms with van der Waals surface area (Å²) in [7, 11) is 0. The van der Waals surface area contributed by atoms with Crippen LogP contribution in [0.25, 0.3) is 0 Å². The SMILES string of the molecule is CC/C=N/N=C(\C)CC. The van der Waals surface area contributed by atoms with Crippen LogP contribution in [0.4, 0.5) is 0 Å². The first-order chi connectivity index (χ1) is 4.31. The second kappa shape index (κ2) is 5.48. The zero-order chi connectivity index (χ0) is 7.11. The highest BCUT2D eigenvalue weighted by Gasteiger charge is 1.79. The average Bonchev–Trinajstić information content (AvgIpc) is 1.89. The Hall–Kier alpha value is -0.660. The molecule has 0 spiro atoms. The molecule has 0 saturated carbocycles. The van der Waals surface area contributed by atoms with Gasteiger partial charge in [-0.2, -0.15) is 10.2 Å². The zero-order valence-electron chi connectivity index (χ0n) is 6.39. The van der Waals surface area contributed by atoms with Gasteiger partial charge in [0.25, 0.3) is 0 Å². The lowest BCUT2D eigenvalue weighted by molar-refractivity contribution is 1.15. The predicted molar refractivity (Wildman–Crippen MR) is 42.2 cm³/mol. The zero-order valence-corrected chi connectivity index (χ0v) is 6.39. The van der Waals surface area contributed by atoms with Gasteiger partial charge in [-0.1, -0.05) is 13.8 Å². The summed E-state index contributed by atoms with van der Waals surface area (Å²) in [6.45, 7) is 6.09. The van der Waals surface area contributed by atoms with Crippen molar-refractivity contribution in [3.05, 3.63) is 0 Å². The van der Waals surface area contributed by atoms with Crippen molar-refractivity contribution in [3.8, 4) is 0 Å². The molecule has 0 aromatic heterocycles. The molecule has 52 valence electrons. The highest BCUT2D eigenvalue weighted by atomic mass is 15.2. The van der Waals surface area contributed by atoms with Gasteiger partial charge >= 0.3 is 0 Å². The molecule has 0 aromatic rings. The topological polar surface area (TPSA) is 24.7 Å². The molecule has 0 aliphatic heterocycles. The summed E-state index contributed by atoms with van der Waals surface area (Å²) in [5, 5.41) is 7.74. The third-order valence-corrected chi connectivity index (χ3v) is 1.00. The minimum absolute atomic E-state index is 0.959. The lowest BCUT2D eigenvalue weighted by Crippen LogP contribution is -1.84. The van der Waals surface area contributed by atoms with E-state index in [1.807, 2.05) is 13.8 Å². The van der Waals surface area contributed by atoms with Crippen LogP contribution in [0.15, 0.2) is 10.2 Å². The Labute approximate surface area is 56.7 Å². The van der Waals surface area contributed by atoms with Crippen LogP contribution in [0.3, 0.4) is 0 Å². The van der Waals surface area contributed by atoms with Crippen molar-refractivity contribution >= 4 is 11.9 Å². The molecule has 0 rings (SSSR count). The molecule has 0 bridgehead atoms. The summed E-state index contributed by atoms with van der Waals surface area (Å²) in [6, 6.07) is 0. The van der Waals surface area contributed by atoms with Crippen molar-refractivity contribution in [1.82, 2.24) is 0 Å². The second-order valence-electron chi connectivity index (χ2n) is 1.90. The maximum absolute atomic E-state index is 3.92. The maximum atomic E-state index is 3.92. The molecule has 0 saturated heterocycles. The van der Waals surface area contributed by atoms with Crippen LogP contribution in [0.1, 0.15) is 33.6 Å². The summed E-state index contributed by atoms with van der Waals surface area (Å²) >= 11 is 0. The van der Waals surface area contributed by atoms with Crippen LogP contribution in [0.5, 0.6) is 0 Å². The van der Waals surface area contributed by atoms with Gasteiger partial charge in [-0.15, -0.1) is 0 Å². The van der Waals surface area contributed by atoms with Crippen LogP contribution >= 0.6 is 0 Å². The Kier molecular flexibility index (Phi) is 5.07. The first-order valence-electron chi connectivity index (χ1n) is 3.36. The molecule has 9 heavy (non-hydrogen) atoms. The Morgan fingerprint density at radius 1 is 1.44 bits per heavy atom. The number of nitrogens with zero attached hydrogens (tertiary/aromatic N) is 2. The first kappa shape index (κ1) is 8.34. The van der Waals surface area contributed by atoms with Crippen molar-refractivity contribution in [2.45, 2.75) is 33.6 Å². The molecular formula is C7H14N2. The first-order valence-corrected chi connectivity index (χ1v) is 3.36. The van der Waals surface area contributed by atoms with E-state index in [0.717, 1.165) is 18.6 Å². The van der Waals surface area contributed by atoms with Crippen LogP contribution < -0.4 is 0 Å². The molecule has 0 aromatic carbocycles. The minimum Gasteiger partial charge on any atom is -0.164 e. The van der Waals surface area contributed by atoms with E-state index >= 15 is 0 Å². The molecule has 0 aliphatic carbocycles. The highest BCUT2D eigenvalue weighted by Crippen LogP contribution is 1.84. The molecule has 0 N–H and O–H groups in total. The number of rotatable bonds is 3. The molecular weight excluding hydrogens is 112 g/mol. The smallest absolute Gasteiger partial charge is 0.0372 e. The van der Waals surface area contributed by atoms with E-state index < -0.39 is 0 Å². The Bertz CT molecular complexity index is 114. The molecule has 2 heteroatoms. The number of hydrogen-bond donors (Lipinski definition) is 0. The highest BCUT2D eigenvalue weighted by molar-refractivity contribution is 5.81. The van der Waals surface area contributed by atoms with E-state index in [4.69, 9.17) is 0 Å². The third-order valence-electron chi connectivity index (χ3n) is 1.00. The largest absolute Gasteiger partial charge is 0.164 e. The van der Waals surface area contributed by atoms with E-state index in [2.05, 4.69) is 17.1 Å². The lowest BCUT2D eigenvalue weighted by Gasteiger charge is -1.85. The minimum atomic E-state index is 0.959. The molecule has 0 heterocycles. The van der Waals surface area contributed by atoms with Crippen LogP contribution in [0, 0.1) is 0 Å². The fourth-order valence-corrected chi connectivity index (χ4v) is 0.292. The molecule has 0 radical (unpaired) electrons. The normalized spacial score (nSPS) is 13.0. The quantitative estimate of drug-likeness (QED) is 0.409. The third kappa shape index (κ3) is 5.21. The molecule has 2 nitrogen and oxygen atoms in total. The van der Waals surface area contributed by atoms with E-state index in [-0.39, 0.29) is 0 Å².